The Hall–Kier alpha value is -2.55. The quantitative estimate of drug-likeness (QED) is 0.655. The highest BCUT2D eigenvalue weighted by atomic mass is 79.9. The topological polar surface area (TPSA) is 56.3 Å². The molecule has 1 aromatic heterocycles. The lowest BCUT2D eigenvalue weighted by atomic mass is 10.2. The molecule has 1 N–H and O–H groups in total. The fraction of sp³-hybridized carbons (Fsp3) is 0.176. The normalized spacial score (nSPS) is 13.2. The van der Waals surface area contributed by atoms with Crippen LogP contribution in [0.1, 0.15) is 11.4 Å². The van der Waals surface area contributed by atoms with Gasteiger partial charge in [0.25, 0.3) is 0 Å². The number of nitrogens with zero attached hydrogens (tertiary/aromatic N) is 2. The molecular formula is C17H11BrF3N3O2. The maximum Gasteiger partial charge on any atom is 0.451 e. The van der Waals surface area contributed by atoms with Gasteiger partial charge in [-0.3, -0.25) is 0 Å². The molecule has 0 saturated heterocycles. The van der Waals surface area contributed by atoms with Crippen LogP contribution in [0.5, 0.6) is 11.5 Å². The zero-order valence-corrected chi connectivity index (χ0v) is 14.7. The van der Waals surface area contributed by atoms with Gasteiger partial charge >= 0.3 is 6.18 Å². The Morgan fingerprint density at radius 3 is 2.65 bits per heavy atom. The second-order valence-electron chi connectivity index (χ2n) is 5.60. The number of alkyl halides is 3. The standard InChI is InChI=1S/C17H11BrF3N3O2/c18-10-2-3-12-11(6-10)15(24-16(23-12)17(19,20)21)22-7-9-1-4-13-14(5-9)26-8-25-13/h1-6H,7-8H2,(H,22,23,24). The fourth-order valence-electron chi connectivity index (χ4n) is 2.60. The number of benzene rings is 2. The lowest BCUT2D eigenvalue weighted by Crippen LogP contribution is -2.13. The Labute approximate surface area is 154 Å². The highest BCUT2D eigenvalue weighted by Crippen LogP contribution is 2.34. The lowest BCUT2D eigenvalue weighted by molar-refractivity contribution is -0.144. The van der Waals surface area contributed by atoms with Crippen molar-refractivity contribution in [3.63, 3.8) is 0 Å². The number of halogens is 4. The molecule has 134 valence electrons. The highest BCUT2D eigenvalue weighted by molar-refractivity contribution is 9.10. The summed E-state index contributed by atoms with van der Waals surface area (Å²) in [4.78, 5) is 7.29. The number of anilines is 1. The molecule has 9 heteroatoms. The minimum Gasteiger partial charge on any atom is -0.454 e. The Bertz CT molecular complexity index is 995. The molecule has 2 heterocycles. The van der Waals surface area contributed by atoms with Crippen LogP contribution in [0.15, 0.2) is 40.9 Å². The van der Waals surface area contributed by atoms with E-state index in [9.17, 15) is 13.2 Å². The Morgan fingerprint density at radius 2 is 1.85 bits per heavy atom. The first-order valence-electron chi connectivity index (χ1n) is 7.57. The predicted molar refractivity (Wildman–Crippen MR) is 92.1 cm³/mol. The molecule has 26 heavy (non-hydrogen) atoms. The molecular weight excluding hydrogens is 415 g/mol. The molecule has 3 aromatic rings. The molecule has 0 amide bonds. The third-order valence-electron chi connectivity index (χ3n) is 3.81. The number of rotatable bonds is 3. The molecule has 0 spiro atoms. The van der Waals surface area contributed by atoms with E-state index in [1.165, 1.54) is 6.07 Å². The van der Waals surface area contributed by atoms with E-state index in [4.69, 9.17) is 9.47 Å². The predicted octanol–water partition coefficient (Wildman–Crippen LogP) is 4.75. The van der Waals surface area contributed by atoms with E-state index < -0.39 is 12.0 Å². The summed E-state index contributed by atoms with van der Waals surface area (Å²) in [5, 5.41) is 3.46. The first-order chi connectivity index (χ1) is 12.4. The van der Waals surface area contributed by atoms with E-state index in [1.54, 1.807) is 24.3 Å². The number of nitrogens with one attached hydrogen (secondary N) is 1. The molecule has 1 aliphatic rings. The van der Waals surface area contributed by atoms with Crippen molar-refractivity contribution in [3.05, 3.63) is 52.3 Å². The van der Waals surface area contributed by atoms with E-state index in [1.807, 2.05) is 6.07 Å². The van der Waals surface area contributed by atoms with Gasteiger partial charge in [-0.15, -0.1) is 0 Å². The molecule has 0 saturated carbocycles. The number of aromatic nitrogens is 2. The van der Waals surface area contributed by atoms with Crippen LogP contribution in [-0.2, 0) is 12.7 Å². The molecule has 1 aliphatic heterocycles. The molecule has 0 aliphatic carbocycles. The first kappa shape index (κ1) is 16.9. The van der Waals surface area contributed by atoms with Gasteiger partial charge in [0.2, 0.25) is 12.6 Å². The molecule has 0 fully saturated rings. The number of hydrogen-bond acceptors (Lipinski definition) is 5. The summed E-state index contributed by atoms with van der Waals surface area (Å²) in [5.41, 5.74) is 1.04. The second-order valence-corrected chi connectivity index (χ2v) is 6.51. The molecule has 0 unspecified atom stereocenters. The molecule has 5 nitrogen and oxygen atoms in total. The van der Waals surface area contributed by atoms with Gasteiger partial charge in [0.1, 0.15) is 5.82 Å². The van der Waals surface area contributed by atoms with Gasteiger partial charge in [-0.1, -0.05) is 22.0 Å². The van der Waals surface area contributed by atoms with Gasteiger partial charge in [0.05, 0.1) is 5.52 Å². The van der Waals surface area contributed by atoms with Gasteiger partial charge in [-0.2, -0.15) is 13.2 Å². The zero-order chi connectivity index (χ0) is 18.3. The highest BCUT2D eigenvalue weighted by Gasteiger charge is 2.35. The number of hydrogen-bond donors (Lipinski definition) is 1. The maximum atomic E-state index is 13.1. The van der Waals surface area contributed by atoms with E-state index in [0.29, 0.717) is 16.9 Å². The monoisotopic (exact) mass is 425 g/mol. The van der Waals surface area contributed by atoms with Crippen molar-refractivity contribution in [2.45, 2.75) is 12.7 Å². The minimum atomic E-state index is -4.63. The van der Waals surface area contributed by atoms with Gasteiger partial charge in [-0.05, 0) is 35.9 Å². The zero-order valence-electron chi connectivity index (χ0n) is 13.1. The number of ether oxygens (including phenoxy) is 2. The van der Waals surface area contributed by atoms with Crippen LogP contribution in [-0.4, -0.2) is 16.8 Å². The molecule has 4 rings (SSSR count). The molecule has 2 aromatic carbocycles. The lowest BCUT2D eigenvalue weighted by Gasteiger charge is -2.13. The van der Waals surface area contributed by atoms with Crippen molar-refractivity contribution >= 4 is 32.7 Å². The average molecular weight is 426 g/mol. The van der Waals surface area contributed by atoms with Gasteiger partial charge in [0, 0.05) is 16.4 Å². The summed E-state index contributed by atoms with van der Waals surface area (Å²) in [7, 11) is 0. The smallest absolute Gasteiger partial charge is 0.451 e. The van der Waals surface area contributed by atoms with Crippen LogP contribution < -0.4 is 14.8 Å². The Kier molecular flexibility index (Phi) is 4.10. The summed E-state index contributed by atoms with van der Waals surface area (Å²) in [6.07, 6.45) is -4.63. The third-order valence-corrected chi connectivity index (χ3v) is 4.30. The van der Waals surface area contributed by atoms with Crippen molar-refractivity contribution in [1.29, 1.82) is 0 Å². The second kappa shape index (κ2) is 6.31. The van der Waals surface area contributed by atoms with Gasteiger partial charge < -0.3 is 14.8 Å². The first-order valence-corrected chi connectivity index (χ1v) is 8.36. The third kappa shape index (κ3) is 3.26. The summed E-state index contributed by atoms with van der Waals surface area (Å²) in [6, 6.07) is 10.2. The summed E-state index contributed by atoms with van der Waals surface area (Å²) in [5.74, 6) is 0.182. The SMILES string of the molecule is FC(F)(F)c1nc(NCc2ccc3c(c2)OCO3)c2cc(Br)ccc2n1. The van der Waals surface area contributed by atoms with Crippen molar-refractivity contribution < 1.29 is 22.6 Å². The van der Waals surface area contributed by atoms with Crippen molar-refractivity contribution in [2.75, 3.05) is 12.1 Å². The number of fused-ring (bicyclic) bond motifs is 2. The van der Waals surface area contributed by atoms with Crippen molar-refractivity contribution in [2.24, 2.45) is 0 Å². The maximum absolute atomic E-state index is 13.1. The van der Waals surface area contributed by atoms with Crippen LogP contribution in [0.4, 0.5) is 19.0 Å². The van der Waals surface area contributed by atoms with Crippen LogP contribution in [0.3, 0.4) is 0 Å². The van der Waals surface area contributed by atoms with E-state index in [-0.39, 0.29) is 24.7 Å². The Balaban J connectivity index is 1.69. The average Bonchev–Trinajstić information content (AvgIpc) is 3.06. The van der Waals surface area contributed by atoms with Crippen LogP contribution >= 0.6 is 15.9 Å². The fourth-order valence-corrected chi connectivity index (χ4v) is 2.96. The molecule has 0 atom stereocenters. The summed E-state index contributed by atoms with van der Waals surface area (Å²) in [6.45, 7) is 0.429. The van der Waals surface area contributed by atoms with E-state index in [2.05, 4.69) is 31.2 Å². The van der Waals surface area contributed by atoms with Gasteiger partial charge in [0.15, 0.2) is 11.5 Å². The van der Waals surface area contributed by atoms with Gasteiger partial charge in [-0.25, -0.2) is 9.97 Å². The van der Waals surface area contributed by atoms with E-state index in [0.717, 1.165) is 10.0 Å². The largest absolute Gasteiger partial charge is 0.454 e. The van der Waals surface area contributed by atoms with E-state index >= 15 is 0 Å². The Morgan fingerprint density at radius 1 is 1.04 bits per heavy atom. The van der Waals surface area contributed by atoms with Crippen LogP contribution in [0.2, 0.25) is 0 Å². The summed E-state index contributed by atoms with van der Waals surface area (Å²) >= 11 is 3.32. The van der Waals surface area contributed by atoms with Crippen LogP contribution in [0.25, 0.3) is 10.9 Å². The minimum absolute atomic E-state index is 0.112. The van der Waals surface area contributed by atoms with Crippen molar-refractivity contribution in [3.8, 4) is 11.5 Å². The summed E-state index contributed by atoms with van der Waals surface area (Å²) < 4.78 is 50.6. The van der Waals surface area contributed by atoms with Crippen molar-refractivity contribution in [1.82, 2.24) is 9.97 Å². The molecule has 0 bridgehead atoms. The van der Waals surface area contributed by atoms with Crippen LogP contribution in [0, 0.1) is 0 Å². The molecule has 0 radical (unpaired) electrons.